The minimum atomic E-state index is -1.08. The Bertz CT molecular complexity index is 400. The highest BCUT2D eigenvalue weighted by Crippen LogP contribution is 1.86. The van der Waals surface area contributed by atoms with Gasteiger partial charge >= 0.3 is 17.6 Å². The van der Waals surface area contributed by atoms with E-state index in [-0.39, 0.29) is 18.7 Å². The Hall–Kier alpha value is -2.38. The molecule has 0 aromatic carbocycles. The molecule has 1 heterocycles. The topological polar surface area (TPSA) is 146 Å². The maximum atomic E-state index is 10.2. The van der Waals surface area contributed by atoms with Crippen molar-refractivity contribution in [1.29, 1.82) is 0 Å². The number of carboxylic acid groups (broad SMARTS) is 2. The second kappa shape index (κ2) is 6.98. The second-order valence-corrected chi connectivity index (χ2v) is 2.61. The lowest BCUT2D eigenvalue weighted by atomic mass is 10.3. The van der Waals surface area contributed by atoms with Gasteiger partial charge in [-0.3, -0.25) is 9.59 Å². The van der Waals surface area contributed by atoms with E-state index in [0.717, 1.165) is 0 Å². The molecule has 8 nitrogen and oxygen atoms in total. The number of aromatic amines is 1. The van der Waals surface area contributed by atoms with Gasteiger partial charge in [0.25, 0.3) is 0 Å². The van der Waals surface area contributed by atoms with Crippen LogP contribution in [0, 0.1) is 0 Å². The van der Waals surface area contributed by atoms with E-state index in [1.807, 2.05) is 0 Å². The molecule has 0 saturated carbocycles. The van der Waals surface area contributed by atoms with E-state index in [2.05, 4.69) is 9.97 Å². The predicted octanol–water partition coefficient (Wildman–Crippen LogP) is -0.712. The van der Waals surface area contributed by atoms with Gasteiger partial charge in [-0.25, -0.2) is 4.79 Å². The number of H-pyrrole nitrogens is 1. The summed E-state index contributed by atoms with van der Waals surface area (Å²) in [5, 5.41) is 15.8. The molecule has 1 aromatic heterocycles. The van der Waals surface area contributed by atoms with Gasteiger partial charge in [0.2, 0.25) is 0 Å². The molecule has 88 valence electrons. The van der Waals surface area contributed by atoms with Crippen molar-refractivity contribution in [2.24, 2.45) is 0 Å². The third-order valence-corrected chi connectivity index (χ3v) is 1.24. The number of nitrogen functional groups attached to an aromatic ring is 1. The zero-order valence-corrected chi connectivity index (χ0v) is 8.21. The lowest BCUT2D eigenvalue weighted by Crippen LogP contribution is -2.10. The fraction of sp³-hybridized carbons (Fsp3) is 0.250. The number of nitrogens with zero attached hydrogens (tertiary/aromatic N) is 1. The molecule has 1 aromatic rings. The maximum Gasteiger partial charge on any atom is 0.346 e. The number of rotatable bonds is 3. The van der Waals surface area contributed by atoms with E-state index < -0.39 is 17.6 Å². The van der Waals surface area contributed by atoms with Crippen LogP contribution in [0.4, 0.5) is 5.82 Å². The zero-order chi connectivity index (χ0) is 12.6. The van der Waals surface area contributed by atoms with Crippen LogP contribution in [0.15, 0.2) is 17.1 Å². The number of carbonyl (C=O) groups is 2. The first kappa shape index (κ1) is 13.6. The van der Waals surface area contributed by atoms with Gasteiger partial charge in [0.15, 0.2) is 0 Å². The number of aromatic nitrogens is 2. The Labute approximate surface area is 89.7 Å². The van der Waals surface area contributed by atoms with Crippen molar-refractivity contribution >= 4 is 17.8 Å². The third kappa shape index (κ3) is 8.23. The standard InChI is InChI=1S/C4H5N3O.C4H6O4/c5-3-1-2-6-4(8)7-3;5-3(6)1-2-4(7)8/h1-2H,(H3,5,6,7,8);1-2H2,(H,5,6)(H,7,8). The molecule has 8 heteroatoms. The van der Waals surface area contributed by atoms with Crippen LogP contribution in [0.25, 0.3) is 0 Å². The van der Waals surface area contributed by atoms with Crippen molar-refractivity contribution in [3.05, 3.63) is 22.7 Å². The minimum absolute atomic E-state index is 0.244. The number of aliphatic carboxylic acids is 2. The van der Waals surface area contributed by atoms with Crippen LogP contribution in [0.3, 0.4) is 0 Å². The highest BCUT2D eigenvalue weighted by atomic mass is 16.4. The van der Waals surface area contributed by atoms with E-state index >= 15 is 0 Å². The summed E-state index contributed by atoms with van der Waals surface area (Å²) in [4.78, 5) is 35.2. The van der Waals surface area contributed by atoms with Crippen LogP contribution >= 0.6 is 0 Å². The molecular formula is C8H11N3O5. The summed E-state index contributed by atoms with van der Waals surface area (Å²) in [6.07, 6.45) is 0.856. The average molecular weight is 229 g/mol. The first-order valence-electron chi connectivity index (χ1n) is 4.16. The summed E-state index contributed by atoms with van der Waals surface area (Å²) in [5.74, 6) is -1.91. The fourth-order valence-corrected chi connectivity index (χ4v) is 0.599. The highest BCUT2D eigenvalue weighted by molar-refractivity contribution is 5.75. The van der Waals surface area contributed by atoms with Crippen molar-refractivity contribution in [1.82, 2.24) is 9.97 Å². The molecule has 0 spiro atoms. The number of hydrogen-bond donors (Lipinski definition) is 4. The smallest absolute Gasteiger partial charge is 0.346 e. The number of nitrogens with one attached hydrogen (secondary N) is 1. The molecule has 0 aliphatic heterocycles. The molecule has 0 atom stereocenters. The Balaban J connectivity index is 0.000000281. The number of carboxylic acids is 2. The fourth-order valence-electron chi connectivity index (χ4n) is 0.599. The van der Waals surface area contributed by atoms with Crippen molar-refractivity contribution in [2.75, 3.05) is 5.73 Å². The van der Waals surface area contributed by atoms with E-state index in [1.165, 1.54) is 12.3 Å². The second-order valence-electron chi connectivity index (χ2n) is 2.61. The van der Waals surface area contributed by atoms with Crippen LogP contribution < -0.4 is 11.4 Å². The molecule has 0 aliphatic carbocycles. The van der Waals surface area contributed by atoms with Crippen molar-refractivity contribution in [3.63, 3.8) is 0 Å². The molecular weight excluding hydrogens is 218 g/mol. The summed E-state index contributed by atoms with van der Waals surface area (Å²) in [6, 6.07) is 1.52. The van der Waals surface area contributed by atoms with Crippen LogP contribution in [0.2, 0.25) is 0 Å². The van der Waals surface area contributed by atoms with Gasteiger partial charge in [0.05, 0.1) is 12.8 Å². The maximum absolute atomic E-state index is 10.2. The molecule has 0 unspecified atom stereocenters. The summed E-state index contributed by atoms with van der Waals surface area (Å²) < 4.78 is 0. The Kier molecular flexibility index (Phi) is 5.95. The van der Waals surface area contributed by atoms with Gasteiger partial charge in [0.1, 0.15) is 5.82 Å². The van der Waals surface area contributed by atoms with Gasteiger partial charge in [-0.1, -0.05) is 0 Å². The van der Waals surface area contributed by atoms with Crippen LogP contribution in [-0.2, 0) is 9.59 Å². The molecule has 0 radical (unpaired) electrons. The Morgan fingerprint density at radius 2 is 1.81 bits per heavy atom. The molecule has 5 N–H and O–H groups in total. The summed E-state index contributed by atoms with van der Waals surface area (Å²) >= 11 is 0. The summed E-state index contributed by atoms with van der Waals surface area (Å²) in [7, 11) is 0. The normalized spacial score (nSPS) is 8.75. The molecule has 0 saturated heterocycles. The van der Waals surface area contributed by atoms with Gasteiger partial charge in [-0.15, -0.1) is 0 Å². The van der Waals surface area contributed by atoms with E-state index in [4.69, 9.17) is 15.9 Å². The minimum Gasteiger partial charge on any atom is -0.481 e. The van der Waals surface area contributed by atoms with E-state index in [1.54, 1.807) is 0 Å². The number of anilines is 1. The van der Waals surface area contributed by atoms with Gasteiger partial charge in [-0.05, 0) is 6.07 Å². The average Bonchev–Trinajstić information content (AvgIpc) is 2.15. The molecule has 0 bridgehead atoms. The SMILES string of the molecule is Nc1cc[nH]c(=O)n1.O=C(O)CCC(=O)O. The van der Waals surface area contributed by atoms with Gasteiger partial charge in [0, 0.05) is 6.20 Å². The summed E-state index contributed by atoms with van der Waals surface area (Å²) in [6.45, 7) is 0. The third-order valence-electron chi connectivity index (χ3n) is 1.24. The number of nitrogens with two attached hydrogens (primary N) is 1. The first-order valence-corrected chi connectivity index (χ1v) is 4.16. The highest BCUT2D eigenvalue weighted by Gasteiger charge is 2.00. The molecule has 16 heavy (non-hydrogen) atoms. The Morgan fingerprint density at radius 1 is 1.31 bits per heavy atom. The summed E-state index contributed by atoms with van der Waals surface area (Å²) in [5.41, 5.74) is 4.72. The molecule has 1 rings (SSSR count). The van der Waals surface area contributed by atoms with Gasteiger partial charge in [-0.2, -0.15) is 4.98 Å². The monoisotopic (exact) mass is 229 g/mol. The molecule has 0 fully saturated rings. The quantitative estimate of drug-likeness (QED) is 0.535. The van der Waals surface area contributed by atoms with Crippen molar-refractivity contribution in [3.8, 4) is 0 Å². The van der Waals surface area contributed by atoms with Crippen LogP contribution in [0.5, 0.6) is 0 Å². The lowest BCUT2D eigenvalue weighted by Gasteiger charge is -1.85. The Morgan fingerprint density at radius 3 is 2.06 bits per heavy atom. The van der Waals surface area contributed by atoms with Crippen molar-refractivity contribution in [2.45, 2.75) is 12.8 Å². The first-order chi connectivity index (χ1) is 7.41. The van der Waals surface area contributed by atoms with E-state index in [9.17, 15) is 14.4 Å². The van der Waals surface area contributed by atoms with E-state index in [0.29, 0.717) is 0 Å². The largest absolute Gasteiger partial charge is 0.481 e. The predicted molar refractivity (Wildman–Crippen MR) is 53.8 cm³/mol. The van der Waals surface area contributed by atoms with Gasteiger partial charge < -0.3 is 20.9 Å². The number of hydrogen-bond acceptors (Lipinski definition) is 5. The molecule has 0 amide bonds. The molecule has 0 aliphatic rings. The van der Waals surface area contributed by atoms with Crippen molar-refractivity contribution < 1.29 is 19.8 Å². The lowest BCUT2D eigenvalue weighted by molar-refractivity contribution is -0.143. The van der Waals surface area contributed by atoms with Crippen LogP contribution in [-0.4, -0.2) is 32.1 Å². The van der Waals surface area contributed by atoms with Crippen LogP contribution in [0.1, 0.15) is 12.8 Å². The zero-order valence-electron chi connectivity index (χ0n) is 8.21.